The van der Waals surface area contributed by atoms with Crippen LogP contribution in [0.4, 0.5) is 5.69 Å². The highest BCUT2D eigenvalue weighted by Crippen LogP contribution is 2.24. The predicted octanol–water partition coefficient (Wildman–Crippen LogP) is 2.71. The van der Waals surface area contributed by atoms with Crippen molar-refractivity contribution in [1.29, 1.82) is 0 Å². The standard InChI is InChI=1S/C13H14BrN3O2/c14-13-8-12(17(18)19)4-3-10(13)9-16-7-1-2-11(16)5-6-15/h1-4,7-8H,5-6,9,15H2. The Morgan fingerprint density at radius 2 is 2.16 bits per heavy atom. The third-order valence-electron chi connectivity index (χ3n) is 2.91. The molecule has 0 unspecified atom stereocenters. The maximum absolute atomic E-state index is 10.7. The van der Waals surface area contributed by atoms with Gasteiger partial charge in [0.1, 0.15) is 0 Å². The van der Waals surface area contributed by atoms with Gasteiger partial charge in [0.05, 0.1) is 4.92 Å². The second-order valence-electron chi connectivity index (χ2n) is 4.20. The van der Waals surface area contributed by atoms with Crippen molar-refractivity contribution < 1.29 is 4.92 Å². The van der Waals surface area contributed by atoms with E-state index < -0.39 is 4.92 Å². The number of halogens is 1. The Morgan fingerprint density at radius 3 is 2.79 bits per heavy atom. The van der Waals surface area contributed by atoms with Crippen LogP contribution in [0.3, 0.4) is 0 Å². The zero-order valence-electron chi connectivity index (χ0n) is 10.3. The van der Waals surface area contributed by atoms with Crippen molar-refractivity contribution in [3.63, 3.8) is 0 Å². The molecule has 1 aromatic carbocycles. The van der Waals surface area contributed by atoms with Gasteiger partial charge in [-0.2, -0.15) is 0 Å². The minimum Gasteiger partial charge on any atom is -0.347 e. The van der Waals surface area contributed by atoms with E-state index in [9.17, 15) is 10.1 Å². The molecule has 0 radical (unpaired) electrons. The van der Waals surface area contributed by atoms with Crippen molar-refractivity contribution in [2.75, 3.05) is 6.54 Å². The summed E-state index contributed by atoms with van der Waals surface area (Å²) in [7, 11) is 0. The van der Waals surface area contributed by atoms with Crippen molar-refractivity contribution in [3.8, 4) is 0 Å². The molecule has 100 valence electrons. The monoisotopic (exact) mass is 323 g/mol. The lowest BCUT2D eigenvalue weighted by atomic mass is 10.2. The van der Waals surface area contributed by atoms with Gasteiger partial charge in [-0.05, 0) is 36.7 Å². The van der Waals surface area contributed by atoms with E-state index in [0.717, 1.165) is 22.2 Å². The van der Waals surface area contributed by atoms with Gasteiger partial charge in [0.25, 0.3) is 5.69 Å². The highest BCUT2D eigenvalue weighted by molar-refractivity contribution is 9.10. The summed E-state index contributed by atoms with van der Waals surface area (Å²) in [5.41, 5.74) is 7.82. The molecule has 0 saturated heterocycles. The first-order valence-corrected chi connectivity index (χ1v) is 6.68. The molecule has 2 rings (SSSR count). The van der Waals surface area contributed by atoms with Gasteiger partial charge in [-0.15, -0.1) is 0 Å². The summed E-state index contributed by atoms with van der Waals surface area (Å²) in [6, 6.07) is 8.83. The zero-order chi connectivity index (χ0) is 13.8. The third kappa shape index (κ3) is 3.21. The molecule has 0 atom stereocenters. The van der Waals surface area contributed by atoms with E-state index in [2.05, 4.69) is 20.5 Å². The summed E-state index contributed by atoms with van der Waals surface area (Å²) in [6.07, 6.45) is 2.80. The Bertz CT molecular complexity index is 595. The number of benzene rings is 1. The molecule has 1 aromatic heterocycles. The lowest BCUT2D eigenvalue weighted by Crippen LogP contribution is -2.09. The Kier molecular flexibility index (Phi) is 4.34. The van der Waals surface area contributed by atoms with Gasteiger partial charge in [0, 0.05) is 35.0 Å². The van der Waals surface area contributed by atoms with E-state index in [1.807, 2.05) is 18.3 Å². The average molecular weight is 324 g/mol. The van der Waals surface area contributed by atoms with E-state index in [4.69, 9.17) is 5.73 Å². The molecule has 1 heterocycles. The molecule has 2 aromatic rings. The summed E-state index contributed by atoms with van der Waals surface area (Å²) in [5, 5.41) is 10.7. The Hall–Kier alpha value is -1.66. The number of nitrogens with zero attached hydrogens (tertiary/aromatic N) is 2. The van der Waals surface area contributed by atoms with E-state index in [1.165, 1.54) is 12.1 Å². The van der Waals surface area contributed by atoms with Gasteiger partial charge in [-0.1, -0.05) is 15.9 Å². The summed E-state index contributed by atoms with van der Waals surface area (Å²) in [4.78, 5) is 10.3. The summed E-state index contributed by atoms with van der Waals surface area (Å²) >= 11 is 3.38. The molecule has 0 spiro atoms. The van der Waals surface area contributed by atoms with E-state index in [-0.39, 0.29) is 5.69 Å². The number of nitrogens with two attached hydrogens (primary N) is 1. The molecular weight excluding hydrogens is 310 g/mol. The highest BCUT2D eigenvalue weighted by atomic mass is 79.9. The largest absolute Gasteiger partial charge is 0.347 e. The maximum atomic E-state index is 10.7. The first-order valence-electron chi connectivity index (χ1n) is 5.88. The summed E-state index contributed by atoms with van der Waals surface area (Å²) < 4.78 is 2.84. The molecular formula is C13H14BrN3O2. The molecule has 6 heteroatoms. The van der Waals surface area contributed by atoms with Crippen LogP contribution in [0, 0.1) is 10.1 Å². The van der Waals surface area contributed by atoms with Crippen molar-refractivity contribution in [2.24, 2.45) is 5.73 Å². The third-order valence-corrected chi connectivity index (χ3v) is 3.65. The average Bonchev–Trinajstić information content (AvgIpc) is 2.79. The van der Waals surface area contributed by atoms with E-state index in [0.29, 0.717) is 13.1 Å². The van der Waals surface area contributed by atoms with Gasteiger partial charge >= 0.3 is 0 Å². The van der Waals surface area contributed by atoms with Crippen molar-refractivity contribution in [1.82, 2.24) is 4.57 Å². The summed E-state index contributed by atoms with van der Waals surface area (Å²) in [6.45, 7) is 1.27. The molecule has 5 nitrogen and oxygen atoms in total. The molecule has 0 amide bonds. The van der Waals surface area contributed by atoms with Gasteiger partial charge in [0.2, 0.25) is 0 Å². The minimum absolute atomic E-state index is 0.0883. The predicted molar refractivity (Wildman–Crippen MR) is 77.1 cm³/mol. The Labute approximate surface area is 119 Å². The van der Waals surface area contributed by atoms with Gasteiger partial charge in [-0.3, -0.25) is 10.1 Å². The van der Waals surface area contributed by atoms with Gasteiger partial charge in [0.15, 0.2) is 0 Å². The molecule has 19 heavy (non-hydrogen) atoms. The molecule has 2 N–H and O–H groups in total. The Balaban J connectivity index is 2.23. The van der Waals surface area contributed by atoms with Crippen LogP contribution in [0.15, 0.2) is 41.0 Å². The lowest BCUT2D eigenvalue weighted by Gasteiger charge is -2.10. The number of nitro groups is 1. The molecule has 0 aliphatic rings. The molecule has 0 saturated carbocycles. The van der Waals surface area contributed by atoms with Crippen LogP contribution in [-0.2, 0) is 13.0 Å². The number of non-ortho nitro benzene ring substituents is 1. The molecule has 0 aliphatic heterocycles. The van der Waals surface area contributed by atoms with E-state index >= 15 is 0 Å². The number of rotatable bonds is 5. The van der Waals surface area contributed by atoms with Crippen LogP contribution in [0.1, 0.15) is 11.3 Å². The second kappa shape index (κ2) is 5.99. The minimum atomic E-state index is -0.399. The van der Waals surface area contributed by atoms with Crippen molar-refractivity contribution >= 4 is 21.6 Å². The number of nitro benzene ring substituents is 1. The van der Waals surface area contributed by atoms with Crippen molar-refractivity contribution in [2.45, 2.75) is 13.0 Å². The van der Waals surface area contributed by atoms with Gasteiger partial charge in [-0.25, -0.2) is 0 Å². The first-order chi connectivity index (χ1) is 9.11. The number of hydrogen-bond donors (Lipinski definition) is 1. The van der Waals surface area contributed by atoms with E-state index in [1.54, 1.807) is 6.07 Å². The number of aromatic nitrogens is 1. The quantitative estimate of drug-likeness (QED) is 0.679. The fraction of sp³-hybridized carbons (Fsp3) is 0.231. The Morgan fingerprint density at radius 1 is 1.37 bits per heavy atom. The van der Waals surface area contributed by atoms with Crippen LogP contribution >= 0.6 is 15.9 Å². The smallest absolute Gasteiger partial charge is 0.270 e. The van der Waals surface area contributed by atoms with Crippen LogP contribution in [0.25, 0.3) is 0 Å². The van der Waals surface area contributed by atoms with Crippen LogP contribution in [0.2, 0.25) is 0 Å². The first kappa shape index (κ1) is 13.8. The zero-order valence-corrected chi connectivity index (χ0v) is 11.8. The molecule has 0 aliphatic carbocycles. The fourth-order valence-electron chi connectivity index (χ4n) is 1.94. The summed E-state index contributed by atoms with van der Waals surface area (Å²) in [5.74, 6) is 0. The van der Waals surface area contributed by atoms with Crippen molar-refractivity contribution in [3.05, 3.63) is 62.4 Å². The molecule has 0 bridgehead atoms. The van der Waals surface area contributed by atoms with Crippen LogP contribution in [-0.4, -0.2) is 16.0 Å². The fourth-order valence-corrected chi connectivity index (χ4v) is 2.43. The molecule has 0 fully saturated rings. The van der Waals surface area contributed by atoms with Crippen LogP contribution in [0.5, 0.6) is 0 Å². The topological polar surface area (TPSA) is 74.1 Å². The maximum Gasteiger partial charge on any atom is 0.270 e. The normalized spacial score (nSPS) is 10.6. The lowest BCUT2D eigenvalue weighted by molar-refractivity contribution is -0.384. The SMILES string of the molecule is NCCc1cccn1Cc1ccc([N+](=O)[O-])cc1Br. The van der Waals surface area contributed by atoms with Gasteiger partial charge < -0.3 is 10.3 Å². The second-order valence-corrected chi connectivity index (χ2v) is 5.05. The van der Waals surface area contributed by atoms with Crippen LogP contribution < -0.4 is 5.73 Å². The highest BCUT2D eigenvalue weighted by Gasteiger charge is 2.10. The number of hydrogen-bond acceptors (Lipinski definition) is 3.